The van der Waals surface area contributed by atoms with Gasteiger partial charge >= 0.3 is 24.1 Å². The third-order valence-corrected chi connectivity index (χ3v) is 11.8. The first-order valence-corrected chi connectivity index (χ1v) is 23.6. The molecule has 380 valence electrons. The third kappa shape index (κ3) is 19.2. The number of hydrogen-bond donors (Lipinski definition) is 0. The number of allylic oxidation sites excluding steroid dienone is 1. The van der Waals surface area contributed by atoms with Crippen LogP contribution < -0.4 is 0 Å². The van der Waals surface area contributed by atoms with Gasteiger partial charge in [0.2, 0.25) is 0 Å². The van der Waals surface area contributed by atoms with Crippen LogP contribution in [0.1, 0.15) is 118 Å². The summed E-state index contributed by atoms with van der Waals surface area (Å²) in [7, 11) is 2.91. The topological polar surface area (TPSA) is 156 Å². The average Bonchev–Trinajstić information content (AvgIpc) is 3.34. The number of methoxy groups -OCH3 is 2. The molecule has 14 nitrogen and oxygen atoms in total. The summed E-state index contributed by atoms with van der Waals surface area (Å²) in [5.41, 5.74) is 0.524. The number of esters is 2. The van der Waals surface area contributed by atoms with Crippen molar-refractivity contribution < 1.29 is 65.9 Å². The molecule has 0 N–H and O–H groups in total. The second kappa shape index (κ2) is 27.9. The van der Waals surface area contributed by atoms with Crippen LogP contribution >= 0.6 is 0 Å². The number of rotatable bonds is 16. The van der Waals surface area contributed by atoms with Crippen molar-refractivity contribution in [3.05, 3.63) is 83.9 Å². The Morgan fingerprint density at radius 3 is 1.54 bits per heavy atom. The second-order valence-corrected chi connectivity index (χ2v) is 19.6. The summed E-state index contributed by atoms with van der Waals surface area (Å²) < 4.78 is 65.7. The maximum Gasteiger partial charge on any atom is 0.412 e. The summed E-state index contributed by atoms with van der Waals surface area (Å²) in [4.78, 5) is 65.6. The Balaban J connectivity index is 0.000000360. The second-order valence-electron chi connectivity index (χ2n) is 19.6. The Morgan fingerprint density at radius 2 is 1.13 bits per heavy atom. The van der Waals surface area contributed by atoms with Crippen LogP contribution in [0.25, 0.3) is 0 Å². The highest BCUT2D eigenvalue weighted by Crippen LogP contribution is 2.34. The zero-order valence-corrected chi connectivity index (χ0v) is 41.8. The minimum absolute atomic E-state index is 0.0675. The molecule has 0 unspecified atom stereocenters. The molecular formula is C52H76F2N2O12. The van der Waals surface area contributed by atoms with E-state index in [-0.39, 0.29) is 55.6 Å². The smallest absolute Gasteiger partial charge is 0.412 e. The lowest BCUT2D eigenvalue weighted by Crippen LogP contribution is -2.49. The van der Waals surface area contributed by atoms with E-state index in [1.54, 1.807) is 60.6 Å². The van der Waals surface area contributed by atoms with Crippen molar-refractivity contribution in [1.82, 2.24) is 9.80 Å². The predicted molar refractivity (Wildman–Crippen MR) is 252 cm³/mol. The molecule has 2 amide bonds. The van der Waals surface area contributed by atoms with Crippen LogP contribution in [-0.2, 0) is 60.4 Å². The molecule has 2 aromatic rings. The zero-order valence-electron chi connectivity index (χ0n) is 41.8. The monoisotopic (exact) mass is 959 g/mol. The molecular weight excluding hydrogens is 883 g/mol. The first kappa shape index (κ1) is 57.4. The fraction of sp³-hybridized carbons (Fsp3) is 0.635. The van der Waals surface area contributed by atoms with Gasteiger partial charge < -0.3 is 38.0 Å². The summed E-state index contributed by atoms with van der Waals surface area (Å²) in [6.07, 6.45) is 6.26. The van der Waals surface area contributed by atoms with Gasteiger partial charge in [0.15, 0.2) is 0 Å². The minimum Gasteiger partial charge on any atom is -0.461 e. The molecule has 2 aromatic carbocycles. The van der Waals surface area contributed by atoms with E-state index in [0.29, 0.717) is 38.4 Å². The van der Waals surface area contributed by atoms with Gasteiger partial charge in [-0.2, -0.15) is 0 Å². The molecule has 2 heterocycles. The highest BCUT2D eigenvalue weighted by Gasteiger charge is 2.41. The Labute approximate surface area is 402 Å². The molecule has 0 saturated carbocycles. The van der Waals surface area contributed by atoms with Crippen molar-refractivity contribution in [2.75, 3.05) is 34.3 Å². The Kier molecular flexibility index (Phi) is 23.6. The van der Waals surface area contributed by atoms with Crippen LogP contribution in [0, 0.1) is 29.4 Å². The normalized spacial score (nSPS) is 23.8. The lowest BCUT2D eigenvalue weighted by molar-refractivity contribution is -0.166. The van der Waals surface area contributed by atoms with Gasteiger partial charge in [0.25, 0.3) is 0 Å². The van der Waals surface area contributed by atoms with Gasteiger partial charge in [0.05, 0.1) is 6.10 Å². The average molecular weight is 959 g/mol. The third-order valence-electron chi connectivity index (χ3n) is 11.8. The summed E-state index contributed by atoms with van der Waals surface area (Å²) in [5.74, 6) is -1.35. The van der Waals surface area contributed by atoms with E-state index in [4.69, 9.17) is 33.2 Å². The summed E-state index contributed by atoms with van der Waals surface area (Å²) in [5, 5.41) is 0. The molecule has 2 saturated heterocycles. The Morgan fingerprint density at radius 1 is 0.706 bits per heavy atom. The van der Waals surface area contributed by atoms with Gasteiger partial charge in [-0.1, -0.05) is 43.2 Å². The van der Waals surface area contributed by atoms with Crippen LogP contribution in [-0.4, -0.2) is 116 Å². The summed E-state index contributed by atoms with van der Waals surface area (Å²) >= 11 is 0. The van der Waals surface area contributed by atoms with E-state index in [2.05, 4.69) is 6.58 Å². The molecule has 2 fully saturated rings. The van der Waals surface area contributed by atoms with Crippen molar-refractivity contribution in [3.63, 3.8) is 0 Å². The van der Waals surface area contributed by atoms with Gasteiger partial charge in [0, 0.05) is 14.2 Å². The van der Waals surface area contributed by atoms with Crippen molar-refractivity contribution in [2.45, 2.75) is 161 Å². The molecule has 8 atom stereocenters. The SMILES string of the molecule is C=CCC[C@@H]1[C@@H](Cc2ccc(F)cc2)CCC[C@H](N(COC)C(=O)OC(C)(C)C)C(=O)O[C@H]1C.COCN(C(=O)OC(C)(C)C)[C@H]1CCC[C@H](Cc2ccc(F)cc2)[C@@H](OCC=O)[C@H](C)OC1=O. The number of ether oxygens (including phenoxy) is 7. The lowest BCUT2D eigenvalue weighted by atomic mass is 9.78. The molecule has 0 radical (unpaired) electrons. The fourth-order valence-electron chi connectivity index (χ4n) is 8.75. The molecule has 0 aliphatic carbocycles. The predicted octanol–water partition coefficient (Wildman–Crippen LogP) is 9.79. The van der Waals surface area contributed by atoms with E-state index in [0.717, 1.165) is 43.2 Å². The number of hydrogen-bond acceptors (Lipinski definition) is 12. The standard InChI is InChI=1S/C27H40FNO5.C25H36FNO7/c1-7-8-11-23-19(2)33-25(30)24(29(18-32-6)26(31)34-27(3,4)5)12-9-10-21(23)17-20-13-15-22(28)16-14-20;1-17-22(32-14-13-28)19(15-18-9-11-20(26)12-10-18)7-6-8-21(23(29)33-17)27(16-31-5)24(30)34-25(2,3)4/h7,13-16,19,21,23-24H,1,8-12,17-18H2,2-6H3;9-13,17,19,21-22H,6-8,14-16H2,1-5H3/t19-,21+,23-,24-;17-,19+,21-,22-/m00/s1. The Bertz CT molecular complexity index is 1750. The Hall–Kier alpha value is -4.93. The number of aldehydes is 1. The van der Waals surface area contributed by atoms with Crippen LogP contribution in [0.15, 0.2) is 61.2 Å². The highest BCUT2D eigenvalue weighted by molar-refractivity contribution is 5.82. The van der Waals surface area contributed by atoms with Gasteiger partial charge in [-0.05, 0) is 160 Å². The number of carbonyl (C=O) groups is 5. The number of nitrogens with zero attached hydrogens (tertiary/aromatic N) is 2. The maximum absolute atomic E-state index is 13.4. The molecule has 0 bridgehead atoms. The van der Waals surface area contributed by atoms with Crippen LogP contribution in [0.2, 0.25) is 0 Å². The first-order chi connectivity index (χ1) is 32.1. The van der Waals surface area contributed by atoms with Crippen LogP contribution in [0.4, 0.5) is 18.4 Å². The quantitative estimate of drug-likeness (QED) is 0.0517. The van der Waals surface area contributed by atoms with E-state index in [9.17, 15) is 32.8 Å². The van der Waals surface area contributed by atoms with Crippen LogP contribution in [0.5, 0.6) is 0 Å². The summed E-state index contributed by atoms with van der Waals surface area (Å²) in [6, 6.07) is 11.1. The van der Waals surface area contributed by atoms with Crippen molar-refractivity contribution in [1.29, 1.82) is 0 Å². The van der Waals surface area contributed by atoms with Crippen molar-refractivity contribution in [3.8, 4) is 0 Å². The molecule has 4 rings (SSSR count). The molecule has 2 aliphatic rings. The fourth-order valence-corrected chi connectivity index (χ4v) is 8.75. The van der Waals surface area contributed by atoms with Crippen LogP contribution in [0.3, 0.4) is 0 Å². The van der Waals surface area contributed by atoms with Gasteiger partial charge in [0.1, 0.15) is 73.5 Å². The maximum atomic E-state index is 13.4. The number of cyclic esters (lactones) is 2. The van der Waals surface area contributed by atoms with Crippen molar-refractivity contribution >= 4 is 30.4 Å². The largest absolute Gasteiger partial charge is 0.461 e. The first-order valence-electron chi connectivity index (χ1n) is 23.6. The number of amides is 2. The minimum atomic E-state index is -0.895. The number of halogens is 2. The van der Waals surface area contributed by atoms with E-state index >= 15 is 0 Å². The molecule has 0 spiro atoms. The molecule has 2 aliphatic heterocycles. The van der Waals surface area contributed by atoms with Gasteiger partial charge in [-0.15, -0.1) is 6.58 Å². The van der Waals surface area contributed by atoms with Crippen molar-refractivity contribution in [2.24, 2.45) is 17.8 Å². The number of carbonyl (C=O) groups excluding carboxylic acids is 5. The zero-order chi connectivity index (χ0) is 50.6. The molecule has 16 heteroatoms. The highest BCUT2D eigenvalue weighted by atomic mass is 19.1. The number of benzene rings is 2. The van der Waals surface area contributed by atoms with Gasteiger partial charge in [-0.3, -0.25) is 9.80 Å². The van der Waals surface area contributed by atoms with E-state index in [1.165, 1.54) is 48.3 Å². The lowest BCUT2D eigenvalue weighted by Gasteiger charge is -2.33. The van der Waals surface area contributed by atoms with Gasteiger partial charge in [-0.25, -0.2) is 28.0 Å². The van der Waals surface area contributed by atoms with E-state index in [1.807, 2.05) is 25.1 Å². The van der Waals surface area contributed by atoms with E-state index < -0.39 is 59.6 Å². The summed E-state index contributed by atoms with van der Waals surface area (Å²) in [6.45, 7) is 17.7. The molecule has 0 aromatic heterocycles. The molecule has 68 heavy (non-hydrogen) atoms.